The lowest BCUT2D eigenvalue weighted by Gasteiger charge is -2.21. The summed E-state index contributed by atoms with van der Waals surface area (Å²) in [4.78, 5) is 17.7. The van der Waals surface area contributed by atoms with E-state index < -0.39 is 0 Å². The molecule has 1 aromatic rings. The third-order valence-corrected chi connectivity index (χ3v) is 3.83. The van der Waals surface area contributed by atoms with Crippen molar-refractivity contribution in [1.29, 1.82) is 0 Å². The second kappa shape index (κ2) is 5.46. The maximum atomic E-state index is 11.1. The lowest BCUT2D eigenvalue weighted by atomic mass is 10.2. The monoisotopic (exact) mass is 256 g/mol. The zero-order valence-corrected chi connectivity index (χ0v) is 10.8. The van der Waals surface area contributed by atoms with Gasteiger partial charge in [-0.15, -0.1) is 11.3 Å². The van der Waals surface area contributed by atoms with Crippen molar-refractivity contribution in [3.63, 3.8) is 0 Å². The Balaban J connectivity index is 1.99. The van der Waals surface area contributed by atoms with Gasteiger partial charge in [0.15, 0.2) is 5.13 Å². The lowest BCUT2D eigenvalue weighted by molar-refractivity contribution is -0.139. The fraction of sp³-hybridized carbons (Fsp3) is 0.636. The second-order valence-electron chi connectivity index (χ2n) is 4.00. The highest BCUT2D eigenvalue weighted by Crippen LogP contribution is 2.24. The van der Waals surface area contributed by atoms with Gasteiger partial charge in [0.05, 0.1) is 31.9 Å². The molecule has 6 heteroatoms. The van der Waals surface area contributed by atoms with Gasteiger partial charge in [-0.05, 0) is 6.42 Å². The summed E-state index contributed by atoms with van der Waals surface area (Å²) in [7, 11) is 3.40. The number of esters is 1. The molecule has 94 valence electrons. The molecule has 1 unspecified atom stereocenters. The number of aromatic nitrogens is 1. The molecule has 0 saturated carbocycles. The van der Waals surface area contributed by atoms with Crippen LogP contribution in [0.3, 0.4) is 0 Å². The van der Waals surface area contributed by atoms with E-state index in [-0.39, 0.29) is 12.4 Å². The zero-order valence-electron chi connectivity index (χ0n) is 10.0. The summed E-state index contributed by atoms with van der Waals surface area (Å²) in [5, 5.41) is 2.83. The second-order valence-corrected chi connectivity index (χ2v) is 4.84. The Morgan fingerprint density at radius 1 is 1.76 bits per heavy atom. The van der Waals surface area contributed by atoms with Crippen LogP contribution in [0.25, 0.3) is 0 Å². The first-order valence-electron chi connectivity index (χ1n) is 5.52. The van der Waals surface area contributed by atoms with Crippen molar-refractivity contribution in [2.24, 2.45) is 0 Å². The summed E-state index contributed by atoms with van der Waals surface area (Å²) in [5.74, 6) is -0.256. The molecular weight excluding hydrogens is 240 g/mol. The number of hydrogen-bond donors (Lipinski definition) is 0. The predicted octanol–water partition coefficient (Wildman–Crippen LogP) is 1.08. The molecule has 1 aliphatic rings. The topological polar surface area (TPSA) is 51.7 Å². The highest BCUT2D eigenvalue weighted by atomic mass is 32.1. The number of rotatable bonds is 4. The Morgan fingerprint density at radius 3 is 3.24 bits per heavy atom. The van der Waals surface area contributed by atoms with Gasteiger partial charge in [0.25, 0.3) is 0 Å². The summed E-state index contributed by atoms with van der Waals surface area (Å²) in [6.45, 7) is 1.57. The zero-order chi connectivity index (χ0) is 12.3. The van der Waals surface area contributed by atoms with Crippen molar-refractivity contribution in [2.75, 3.05) is 32.3 Å². The van der Waals surface area contributed by atoms with Crippen molar-refractivity contribution >= 4 is 22.4 Å². The third kappa shape index (κ3) is 2.95. The van der Waals surface area contributed by atoms with Gasteiger partial charge in [0.1, 0.15) is 0 Å². The number of carbonyl (C=O) groups excluding carboxylic acids is 1. The molecule has 0 bridgehead atoms. The summed E-state index contributed by atoms with van der Waals surface area (Å²) < 4.78 is 9.97. The molecule has 17 heavy (non-hydrogen) atoms. The normalized spacial score (nSPS) is 19.3. The first-order chi connectivity index (χ1) is 8.20. The van der Waals surface area contributed by atoms with Crippen molar-refractivity contribution in [1.82, 2.24) is 4.98 Å². The van der Waals surface area contributed by atoms with Crippen LogP contribution in [0.4, 0.5) is 5.13 Å². The summed E-state index contributed by atoms with van der Waals surface area (Å²) in [5.41, 5.74) is 0.766. The molecule has 1 aromatic heterocycles. The minimum absolute atomic E-state index is 0.238. The number of likely N-dealkylation sites (N-methyl/N-ethyl adjacent to an activating group) is 1. The van der Waals surface area contributed by atoms with Crippen LogP contribution >= 0.6 is 11.3 Å². The average Bonchev–Trinajstić information content (AvgIpc) is 2.98. The average molecular weight is 256 g/mol. The SMILES string of the molecule is COC(=O)Cc1csc(N(C)C2CCOC2)n1. The minimum Gasteiger partial charge on any atom is -0.469 e. The quantitative estimate of drug-likeness (QED) is 0.755. The van der Waals surface area contributed by atoms with Crippen LogP contribution in [0.15, 0.2) is 5.38 Å². The first kappa shape index (κ1) is 12.3. The number of nitrogens with zero attached hydrogens (tertiary/aromatic N) is 2. The van der Waals surface area contributed by atoms with E-state index in [1.807, 2.05) is 12.4 Å². The van der Waals surface area contributed by atoms with E-state index >= 15 is 0 Å². The molecule has 0 aromatic carbocycles. The summed E-state index contributed by atoms with van der Waals surface area (Å²) >= 11 is 1.55. The Hall–Kier alpha value is -1.14. The molecule has 5 nitrogen and oxygen atoms in total. The fourth-order valence-electron chi connectivity index (χ4n) is 1.74. The number of thiazole rings is 1. The van der Waals surface area contributed by atoms with Crippen molar-refractivity contribution in [2.45, 2.75) is 18.9 Å². The third-order valence-electron chi connectivity index (χ3n) is 2.85. The van der Waals surface area contributed by atoms with Crippen molar-refractivity contribution in [3.05, 3.63) is 11.1 Å². The van der Waals surface area contributed by atoms with Crippen LogP contribution in [0.1, 0.15) is 12.1 Å². The van der Waals surface area contributed by atoms with E-state index in [1.165, 1.54) is 7.11 Å². The standard InChI is InChI=1S/C11H16N2O3S/c1-13(9-3-4-16-6-9)11-12-8(7-17-11)5-10(14)15-2/h7,9H,3-6H2,1-2H3. The van der Waals surface area contributed by atoms with Crippen LogP contribution in [-0.2, 0) is 20.7 Å². The van der Waals surface area contributed by atoms with Crippen LogP contribution in [-0.4, -0.2) is 44.4 Å². The van der Waals surface area contributed by atoms with Crippen LogP contribution in [0.5, 0.6) is 0 Å². The number of hydrogen-bond acceptors (Lipinski definition) is 6. The molecule has 1 atom stereocenters. The Kier molecular flexibility index (Phi) is 3.96. The Labute approximate surface area is 104 Å². The molecule has 0 N–H and O–H groups in total. The molecule has 1 saturated heterocycles. The molecule has 1 fully saturated rings. The predicted molar refractivity (Wildman–Crippen MR) is 65.5 cm³/mol. The van der Waals surface area contributed by atoms with E-state index in [9.17, 15) is 4.79 Å². The fourth-order valence-corrected chi connectivity index (χ4v) is 2.61. The minimum atomic E-state index is -0.256. The van der Waals surface area contributed by atoms with Gasteiger partial charge in [-0.25, -0.2) is 4.98 Å². The first-order valence-corrected chi connectivity index (χ1v) is 6.40. The molecule has 1 aliphatic heterocycles. The number of methoxy groups -OCH3 is 1. The Bertz CT molecular complexity index is 388. The van der Waals surface area contributed by atoms with Gasteiger partial charge in [-0.1, -0.05) is 0 Å². The molecule has 2 rings (SSSR count). The largest absolute Gasteiger partial charge is 0.469 e. The maximum Gasteiger partial charge on any atom is 0.311 e. The van der Waals surface area contributed by atoms with Gasteiger partial charge >= 0.3 is 5.97 Å². The number of anilines is 1. The van der Waals surface area contributed by atoms with Crippen LogP contribution in [0.2, 0.25) is 0 Å². The molecule has 0 radical (unpaired) electrons. The van der Waals surface area contributed by atoms with E-state index in [0.29, 0.717) is 6.04 Å². The van der Waals surface area contributed by atoms with Gasteiger partial charge in [0.2, 0.25) is 0 Å². The number of ether oxygens (including phenoxy) is 2. The molecular formula is C11H16N2O3S. The van der Waals surface area contributed by atoms with Gasteiger partial charge < -0.3 is 14.4 Å². The Morgan fingerprint density at radius 2 is 2.59 bits per heavy atom. The van der Waals surface area contributed by atoms with Crippen molar-refractivity contribution in [3.8, 4) is 0 Å². The molecule has 2 heterocycles. The highest BCUT2D eigenvalue weighted by Gasteiger charge is 2.22. The van der Waals surface area contributed by atoms with E-state index in [2.05, 4.69) is 14.6 Å². The van der Waals surface area contributed by atoms with E-state index in [1.54, 1.807) is 11.3 Å². The smallest absolute Gasteiger partial charge is 0.311 e. The molecule has 0 aliphatic carbocycles. The van der Waals surface area contributed by atoms with Gasteiger partial charge in [-0.2, -0.15) is 0 Å². The van der Waals surface area contributed by atoms with Crippen LogP contribution < -0.4 is 4.90 Å². The summed E-state index contributed by atoms with van der Waals surface area (Å²) in [6.07, 6.45) is 1.27. The van der Waals surface area contributed by atoms with Gasteiger partial charge in [-0.3, -0.25) is 4.79 Å². The molecule has 0 spiro atoms. The van der Waals surface area contributed by atoms with E-state index in [0.717, 1.165) is 30.5 Å². The van der Waals surface area contributed by atoms with E-state index in [4.69, 9.17) is 4.74 Å². The lowest BCUT2D eigenvalue weighted by Crippen LogP contribution is -2.31. The summed E-state index contributed by atoms with van der Waals surface area (Å²) in [6, 6.07) is 0.395. The molecule has 0 amide bonds. The van der Waals surface area contributed by atoms with Gasteiger partial charge in [0, 0.05) is 19.0 Å². The number of carbonyl (C=O) groups is 1. The van der Waals surface area contributed by atoms with Crippen molar-refractivity contribution < 1.29 is 14.3 Å². The maximum absolute atomic E-state index is 11.1. The van der Waals surface area contributed by atoms with Crippen LogP contribution in [0, 0.1) is 0 Å². The highest BCUT2D eigenvalue weighted by molar-refractivity contribution is 7.13.